The van der Waals surface area contributed by atoms with Crippen LogP contribution in [0.2, 0.25) is 0 Å². The second kappa shape index (κ2) is 10.1. The van der Waals surface area contributed by atoms with Gasteiger partial charge in [-0.05, 0) is 50.5 Å². The molecule has 1 aromatic heterocycles. The number of aromatic amines is 1. The number of ether oxygens (including phenoxy) is 1. The van der Waals surface area contributed by atoms with Crippen molar-refractivity contribution in [2.24, 2.45) is 0 Å². The van der Waals surface area contributed by atoms with Gasteiger partial charge in [-0.3, -0.25) is 19.4 Å². The van der Waals surface area contributed by atoms with Crippen LogP contribution in [0.4, 0.5) is 5.69 Å². The zero-order chi connectivity index (χ0) is 23.4. The summed E-state index contributed by atoms with van der Waals surface area (Å²) in [6.07, 6.45) is 0. The largest absolute Gasteiger partial charge is 0.465 e. The van der Waals surface area contributed by atoms with Crippen LogP contribution in [-0.4, -0.2) is 78.8 Å². The number of methoxy groups -OCH3 is 1. The van der Waals surface area contributed by atoms with Crippen molar-refractivity contribution in [3.8, 4) is 0 Å². The predicted molar refractivity (Wildman–Crippen MR) is 123 cm³/mol. The molecular weight excluding hydrogens is 408 g/mol. The molecule has 0 atom stereocenters. The lowest BCUT2D eigenvalue weighted by Gasteiger charge is -2.33. The monoisotopic (exact) mass is 440 g/mol. The number of esters is 1. The first-order chi connectivity index (χ1) is 15.2. The Hall–Kier alpha value is -2.97. The molecule has 0 saturated carbocycles. The average molecular weight is 441 g/mol. The number of hydrogen-bond acceptors (Lipinski definition) is 6. The molecule has 2 N–H and O–H groups in total. The Morgan fingerprint density at radius 1 is 0.969 bits per heavy atom. The molecular formula is C24H32N4O4. The molecule has 2 heterocycles. The highest BCUT2D eigenvalue weighted by Gasteiger charge is 2.25. The lowest BCUT2D eigenvalue weighted by molar-refractivity contribution is -0.117. The molecule has 1 saturated heterocycles. The summed E-state index contributed by atoms with van der Waals surface area (Å²) in [5, 5.41) is 3.00. The van der Waals surface area contributed by atoms with Crippen molar-refractivity contribution in [1.29, 1.82) is 0 Å². The minimum atomic E-state index is -0.442. The van der Waals surface area contributed by atoms with Gasteiger partial charge >= 0.3 is 5.97 Å². The minimum Gasteiger partial charge on any atom is -0.465 e. The number of anilines is 1. The van der Waals surface area contributed by atoms with E-state index in [1.54, 1.807) is 13.8 Å². The number of benzene rings is 1. The van der Waals surface area contributed by atoms with Crippen LogP contribution in [0.1, 0.15) is 43.2 Å². The van der Waals surface area contributed by atoms with Gasteiger partial charge in [-0.1, -0.05) is 12.1 Å². The number of carbonyl (C=O) groups is 3. The molecule has 1 aliphatic heterocycles. The summed E-state index contributed by atoms with van der Waals surface area (Å²) in [5.74, 6) is -0.527. The van der Waals surface area contributed by atoms with Gasteiger partial charge < -0.3 is 15.0 Å². The van der Waals surface area contributed by atoms with Crippen molar-refractivity contribution < 1.29 is 19.1 Å². The number of aromatic nitrogens is 1. The zero-order valence-corrected chi connectivity index (χ0v) is 19.5. The quantitative estimate of drug-likeness (QED) is 0.507. The van der Waals surface area contributed by atoms with Crippen molar-refractivity contribution >= 4 is 23.3 Å². The summed E-state index contributed by atoms with van der Waals surface area (Å²) < 4.78 is 4.82. The highest BCUT2D eigenvalue weighted by molar-refractivity contribution is 6.02. The summed E-state index contributed by atoms with van der Waals surface area (Å²) in [4.78, 5) is 44.5. The van der Waals surface area contributed by atoms with Gasteiger partial charge in [-0.2, -0.15) is 0 Å². The van der Waals surface area contributed by atoms with E-state index in [9.17, 15) is 14.4 Å². The smallest absolute Gasteiger partial charge is 0.339 e. The van der Waals surface area contributed by atoms with E-state index in [-0.39, 0.29) is 18.2 Å². The lowest BCUT2D eigenvalue weighted by Crippen LogP contribution is -2.49. The molecule has 2 aromatic rings. The van der Waals surface area contributed by atoms with E-state index < -0.39 is 5.97 Å². The third kappa shape index (κ3) is 5.26. The maximum Gasteiger partial charge on any atom is 0.339 e. The molecule has 1 amide bonds. The molecule has 8 heteroatoms. The normalized spacial score (nSPS) is 14.9. The van der Waals surface area contributed by atoms with Gasteiger partial charge in [0.15, 0.2) is 5.78 Å². The summed E-state index contributed by atoms with van der Waals surface area (Å²) in [6.45, 7) is 11.0. The molecule has 1 aliphatic rings. The number of piperazine rings is 1. The Morgan fingerprint density at radius 2 is 1.59 bits per heavy atom. The number of Topliss-reactive ketones (excluding diaryl/α,β-unsaturated/α-hetero) is 1. The van der Waals surface area contributed by atoms with Crippen LogP contribution >= 0.6 is 0 Å². The van der Waals surface area contributed by atoms with Gasteiger partial charge in [0.05, 0.1) is 31.5 Å². The van der Waals surface area contributed by atoms with E-state index in [1.165, 1.54) is 7.11 Å². The van der Waals surface area contributed by atoms with Crippen molar-refractivity contribution in [2.45, 2.75) is 27.7 Å². The van der Waals surface area contributed by atoms with Crippen molar-refractivity contribution in [3.63, 3.8) is 0 Å². The molecule has 1 fully saturated rings. The van der Waals surface area contributed by atoms with E-state index >= 15 is 0 Å². The van der Waals surface area contributed by atoms with Crippen molar-refractivity contribution in [3.05, 3.63) is 51.8 Å². The SMILES string of the molecule is COC(=O)c1c(C)[nH]c(C(=O)CN2CCN(CC(=O)Nc3cccc(C)c3C)CC2)c1C. The van der Waals surface area contributed by atoms with E-state index in [1.807, 2.05) is 32.0 Å². The highest BCUT2D eigenvalue weighted by atomic mass is 16.5. The van der Waals surface area contributed by atoms with E-state index in [0.717, 1.165) is 16.8 Å². The van der Waals surface area contributed by atoms with Crippen LogP contribution in [0.15, 0.2) is 18.2 Å². The number of nitrogens with one attached hydrogen (secondary N) is 2. The molecule has 0 radical (unpaired) electrons. The first-order valence-electron chi connectivity index (χ1n) is 10.8. The number of hydrogen-bond donors (Lipinski definition) is 2. The Balaban J connectivity index is 1.51. The summed E-state index contributed by atoms with van der Waals surface area (Å²) in [5.41, 5.74) is 5.22. The van der Waals surface area contributed by atoms with Crippen molar-refractivity contribution in [2.75, 3.05) is 51.7 Å². The van der Waals surface area contributed by atoms with E-state index in [2.05, 4.69) is 20.1 Å². The zero-order valence-electron chi connectivity index (χ0n) is 19.5. The predicted octanol–water partition coefficient (Wildman–Crippen LogP) is 2.47. The van der Waals surface area contributed by atoms with Gasteiger partial charge in [0.1, 0.15) is 0 Å². The number of rotatable bonds is 7. The average Bonchev–Trinajstić information content (AvgIpc) is 3.06. The van der Waals surface area contributed by atoms with Crippen LogP contribution in [0.3, 0.4) is 0 Å². The van der Waals surface area contributed by atoms with Crippen LogP contribution in [0.25, 0.3) is 0 Å². The summed E-state index contributed by atoms with van der Waals surface area (Å²) in [7, 11) is 1.33. The van der Waals surface area contributed by atoms with Crippen LogP contribution in [-0.2, 0) is 9.53 Å². The molecule has 8 nitrogen and oxygen atoms in total. The third-order valence-electron chi connectivity index (χ3n) is 6.18. The second-order valence-corrected chi connectivity index (χ2v) is 8.39. The van der Waals surface area contributed by atoms with Gasteiger partial charge in [-0.15, -0.1) is 0 Å². The molecule has 172 valence electrons. The molecule has 0 spiro atoms. The maximum atomic E-state index is 12.8. The third-order valence-corrected chi connectivity index (χ3v) is 6.18. The fourth-order valence-corrected chi connectivity index (χ4v) is 4.10. The Morgan fingerprint density at radius 3 is 2.22 bits per heavy atom. The van der Waals surface area contributed by atoms with Gasteiger partial charge in [0.25, 0.3) is 0 Å². The second-order valence-electron chi connectivity index (χ2n) is 8.39. The molecule has 1 aromatic carbocycles. The topological polar surface area (TPSA) is 94.7 Å². The number of H-pyrrole nitrogens is 1. The summed E-state index contributed by atoms with van der Waals surface area (Å²) in [6, 6.07) is 5.88. The Bertz CT molecular complexity index is 1020. The minimum absolute atomic E-state index is 0.0314. The number of ketones is 1. The van der Waals surface area contributed by atoms with Gasteiger partial charge in [0, 0.05) is 37.6 Å². The molecule has 3 rings (SSSR count). The molecule has 32 heavy (non-hydrogen) atoms. The standard InChI is InChI=1S/C24H32N4O4/c1-15-7-6-8-19(16(15)2)26-21(30)14-28-11-9-27(10-12-28)13-20(29)23-17(3)22(18(4)25-23)24(31)32-5/h6-8,25H,9-14H2,1-5H3,(H,26,30). The number of carbonyl (C=O) groups excluding carboxylic acids is 3. The lowest BCUT2D eigenvalue weighted by atomic mass is 10.1. The fraction of sp³-hybridized carbons (Fsp3) is 0.458. The highest BCUT2D eigenvalue weighted by Crippen LogP contribution is 2.20. The number of nitrogens with zero attached hydrogens (tertiary/aromatic N) is 2. The number of amides is 1. The molecule has 0 unspecified atom stereocenters. The van der Waals surface area contributed by atoms with Gasteiger partial charge in [-0.25, -0.2) is 4.79 Å². The van der Waals surface area contributed by atoms with E-state index in [0.29, 0.717) is 55.2 Å². The van der Waals surface area contributed by atoms with Crippen LogP contribution < -0.4 is 5.32 Å². The summed E-state index contributed by atoms with van der Waals surface area (Å²) >= 11 is 0. The molecule has 0 bridgehead atoms. The van der Waals surface area contributed by atoms with E-state index in [4.69, 9.17) is 4.74 Å². The van der Waals surface area contributed by atoms with Crippen LogP contribution in [0.5, 0.6) is 0 Å². The molecule has 0 aliphatic carbocycles. The van der Waals surface area contributed by atoms with Crippen LogP contribution in [0, 0.1) is 27.7 Å². The van der Waals surface area contributed by atoms with Gasteiger partial charge in [0.2, 0.25) is 5.91 Å². The first kappa shape index (κ1) is 23.7. The Labute approximate surface area is 188 Å². The fourth-order valence-electron chi connectivity index (χ4n) is 4.10. The Kier molecular flexibility index (Phi) is 7.48. The maximum absolute atomic E-state index is 12.8. The van der Waals surface area contributed by atoms with Crippen molar-refractivity contribution in [1.82, 2.24) is 14.8 Å². The first-order valence-corrected chi connectivity index (χ1v) is 10.8. The number of aryl methyl sites for hydroxylation is 2.